The molecule has 0 spiro atoms. The van der Waals surface area contributed by atoms with E-state index in [1.54, 1.807) is 18.2 Å². The lowest BCUT2D eigenvalue weighted by Gasteiger charge is -2.39. The van der Waals surface area contributed by atoms with Crippen LogP contribution in [0.15, 0.2) is 39.5 Å². The van der Waals surface area contributed by atoms with Crippen molar-refractivity contribution >= 4 is 11.0 Å². The number of methoxy groups -OCH3 is 4. The van der Waals surface area contributed by atoms with Crippen LogP contribution in [0.25, 0.3) is 22.3 Å². The lowest BCUT2D eigenvalue weighted by molar-refractivity contribution is -0.277. The third kappa shape index (κ3) is 4.77. The molecule has 0 saturated carbocycles. The molecule has 1 aliphatic rings. The van der Waals surface area contributed by atoms with E-state index in [0.29, 0.717) is 17.1 Å². The molecule has 1 saturated heterocycles. The molecule has 0 aliphatic carbocycles. The van der Waals surface area contributed by atoms with Gasteiger partial charge in [-0.25, -0.2) is 0 Å². The van der Waals surface area contributed by atoms with Crippen molar-refractivity contribution in [2.75, 3.05) is 35.0 Å². The Kier molecular flexibility index (Phi) is 7.76. The lowest BCUT2D eigenvalue weighted by atomic mass is 9.99. The van der Waals surface area contributed by atoms with E-state index in [0.717, 1.165) is 0 Å². The Morgan fingerprint density at radius 1 is 0.838 bits per heavy atom. The van der Waals surface area contributed by atoms with Crippen molar-refractivity contribution in [3.05, 3.63) is 40.6 Å². The minimum absolute atomic E-state index is 0.0335. The minimum atomic E-state index is -1.70. The van der Waals surface area contributed by atoms with Gasteiger partial charge in [0.2, 0.25) is 12.0 Å². The Morgan fingerprint density at radius 2 is 1.57 bits per heavy atom. The van der Waals surface area contributed by atoms with E-state index in [4.69, 9.17) is 32.8 Å². The minimum Gasteiger partial charge on any atom is -0.497 e. The van der Waals surface area contributed by atoms with Crippen molar-refractivity contribution in [1.82, 2.24) is 0 Å². The Hall–Kier alpha value is -3.55. The molecule has 1 fully saturated rings. The molecular weight excluding hydrogens is 492 g/mol. The second-order valence-electron chi connectivity index (χ2n) is 8.17. The first-order chi connectivity index (χ1) is 17.8. The number of aliphatic hydroxyl groups excluding tert-OH is 4. The molecule has 12 heteroatoms. The number of rotatable bonds is 8. The highest BCUT2D eigenvalue weighted by Crippen LogP contribution is 2.43. The van der Waals surface area contributed by atoms with Crippen LogP contribution in [-0.4, -0.2) is 86.2 Å². The predicted molar refractivity (Wildman–Crippen MR) is 129 cm³/mol. The Labute approximate surface area is 211 Å². The molecular formula is C25H28O12. The summed E-state index contributed by atoms with van der Waals surface area (Å²) in [4.78, 5) is 13.4. The number of aliphatic hydroxyl groups is 4. The monoisotopic (exact) mass is 520 g/mol. The molecule has 0 unspecified atom stereocenters. The van der Waals surface area contributed by atoms with Crippen molar-refractivity contribution in [3.63, 3.8) is 0 Å². The van der Waals surface area contributed by atoms with Gasteiger partial charge in [-0.1, -0.05) is 0 Å². The van der Waals surface area contributed by atoms with Gasteiger partial charge in [-0.2, -0.15) is 0 Å². The molecule has 2 heterocycles. The summed E-state index contributed by atoms with van der Waals surface area (Å²) >= 11 is 0. The van der Waals surface area contributed by atoms with Crippen molar-refractivity contribution in [2.45, 2.75) is 30.7 Å². The van der Waals surface area contributed by atoms with Crippen molar-refractivity contribution in [2.24, 2.45) is 0 Å². The standard InChI is InChI=1S/C25H28O12/c1-31-11-5-6-14(32-2)12(7-11)15-8-13(27)19-16(9-17(33-3)23(34-4)24(19)35-15)36-25-22(30)21(29)20(28)18(10-26)37-25/h5-9,18,20-22,25-26,28-30H,10H2,1-4H3/t18-,20-,21+,22-,25-/m1/s1. The van der Waals surface area contributed by atoms with Gasteiger partial charge >= 0.3 is 0 Å². The van der Waals surface area contributed by atoms with Crippen molar-refractivity contribution in [3.8, 4) is 40.1 Å². The fourth-order valence-electron chi connectivity index (χ4n) is 4.12. The summed E-state index contributed by atoms with van der Waals surface area (Å²) in [6.07, 6.45) is -7.71. The SMILES string of the molecule is COc1ccc(OC)c(-c2cc(=O)c3c(O[C@@H]4O[C@H](CO)[C@@H](O)[C@H](O)[C@H]4O)cc(OC)c(OC)c3o2)c1. The maximum absolute atomic E-state index is 13.4. The van der Waals surface area contributed by atoms with Gasteiger partial charge in [0.25, 0.3) is 0 Å². The van der Waals surface area contributed by atoms with Crippen LogP contribution in [0.1, 0.15) is 0 Å². The van der Waals surface area contributed by atoms with Crippen LogP contribution in [0.4, 0.5) is 0 Å². The predicted octanol–water partition coefficient (Wildman–Crippen LogP) is 0.673. The summed E-state index contributed by atoms with van der Waals surface area (Å²) in [6, 6.07) is 7.56. The molecule has 4 N–H and O–H groups in total. The van der Waals surface area contributed by atoms with E-state index in [2.05, 4.69) is 0 Å². The zero-order valence-corrected chi connectivity index (χ0v) is 20.5. The number of fused-ring (bicyclic) bond motifs is 1. The van der Waals surface area contributed by atoms with Crippen LogP contribution in [-0.2, 0) is 4.74 Å². The smallest absolute Gasteiger partial charge is 0.229 e. The summed E-state index contributed by atoms with van der Waals surface area (Å²) in [6.45, 7) is -0.647. The second-order valence-corrected chi connectivity index (χ2v) is 8.17. The first kappa shape index (κ1) is 26.5. The van der Waals surface area contributed by atoms with E-state index < -0.39 is 42.7 Å². The molecule has 5 atom stereocenters. The number of ether oxygens (including phenoxy) is 6. The highest BCUT2D eigenvalue weighted by molar-refractivity contribution is 5.92. The molecule has 0 bridgehead atoms. The number of hydrogen-bond acceptors (Lipinski definition) is 12. The third-order valence-corrected chi connectivity index (χ3v) is 6.07. The van der Waals surface area contributed by atoms with E-state index in [1.165, 1.54) is 40.6 Å². The molecule has 1 aromatic heterocycles. The highest BCUT2D eigenvalue weighted by atomic mass is 16.7. The summed E-state index contributed by atoms with van der Waals surface area (Å²) in [5.74, 6) is 1.17. The molecule has 2 aromatic carbocycles. The van der Waals surface area contributed by atoms with Gasteiger partial charge in [0.15, 0.2) is 16.8 Å². The molecule has 1 aliphatic heterocycles. The van der Waals surface area contributed by atoms with Crippen molar-refractivity contribution < 1.29 is 53.3 Å². The van der Waals surface area contributed by atoms with Gasteiger partial charge in [0, 0.05) is 12.1 Å². The van der Waals surface area contributed by atoms with Crippen LogP contribution in [0.5, 0.6) is 28.7 Å². The first-order valence-corrected chi connectivity index (χ1v) is 11.2. The topological polar surface area (TPSA) is 167 Å². The van der Waals surface area contributed by atoms with Gasteiger partial charge in [0.1, 0.15) is 52.8 Å². The normalized spacial score (nSPS) is 23.5. The number of benzene rings is 2. The van der Waals surface area contributed by atoms with Crippen molar-refractivity contribution in [1.29, 1.82) is 0 Å². The molecule has 0 amide bonds. The zero-order valence-electron chi connectivity index (χ0n) is 20.5. The average Bonchev–Trinajstić information content (AvgIpc) is 2.92. The van der Waals surface area contributed by atoms with Gasteiger partial charge < -0.3 is 53.3 Å². The molecule has 0 radical (unpaired) electrons. The largest absolute Gasteiger partial charge is 0.497 e. The van der Waals surface area contributed by atoms with E-state index >= 15 is 0 Å². The summed E-state index contributed by atoms with van der Waals surface area (Å²) < 4.78 is 38.9. The molecule has 37 heavy (non-hydrogen) atoms. The van der Waals surface area contributed by atoms with Gasteiger partial charge in [-0.15, -0.1) is 0 Å². The van der Waals surface area contributed by atoms with Crippen LogP contribution >= 0.6 is 0 Å². The molecule has 200 valence electrons. The zero-order chi connectivity index (χ0) is 26.9. The second kappa shape index (κ2) is 10.8. The Bertz CT molecular complexity index is 1320. The first-order valence-electron chi connectivity index (χ1n) is 11.2. The van der Waals surface area contributed by atoms with Crippen LogP contribution < -0.4 is 29.1 Å². The number of hydrogen-bond donors (Lipinski definition) is 4. The summed E-state index contributed by atoms with van der Waals surface area (Å²) in [5, 5.41) is 40.0. The summed E-state index contributed by atoms with van der Waals surface area (Å²) in [5.41, 5.74) is -0.141. The van der Waals surface area contributed by atoms with E-state index in [-0.39, 0.29) is 34.0 Å². The Morgan fingerprint density at radius 3 is 2.19 bits per heavy atom. The van der Waals surface area contributed by atoms with Crippen LogP contribution in [0.3, 0.4) is 0 Å². The third-order valence-electron chi connectivity index (χ3n) is 6.07. The van der Waals surface area contributed by atoms with E-state index in [1.807, 2.05) is 0 Å². The maximum atomic E-state index is 13.4. The highest BCUT2D eigenvalue weighted by Gasteiger charge is 2.45. The lowest BCUT2D eigenvalue weighted by Crippen LogP contribution is -2.60. The van der Waals surface area contributed by atoms with Gasteiger partial charge in [-0.05, 0) is 18.2 Å². The summed E-state index contributed by atoms with van der Waals surface area (Å²) in [7, 11) is 5.71. The molecule has 3 aromatic rings. The van der Waals surface area contributed by atoms with Gasteiger partial charge in [0.05, 0.1) is 40.6 Å². The quantitative estimate of drug-likeness (QED) is 0.328. The van der Waals surface area contributed by atoms with Crippen LogP contribution in [0, 0.1) is 0 Å². The van der Waals surface area contributed by atoms with Crippen LogP contribution in [0.2, 0.25) is 0 Å². The molecule has 12 nitrogen and oxygen atoms in total. The fraction of sp³-hybridized carbons (Fsp3) is 0.400. The Balaban J connectivity index is 1.90. The molecule has 4 rings (SSSR count). The fourth-order valence-corrected chi connectivity index (χ4v) is 4.12. The van der Waals surface area contributed by atoms with Gasteiger partial charge in [-0.3, -0.25) is 4.79 Å². The maximum Gasteiger partial charge on any atom is 0.229 e. The van der Waals surface area contributed by atoms with E-state index in [9.17, 15) is 25.2 Å². The average molecular weight is 520 g/mol.